The number of carbonyl (C=O) groups excluding carboxylic acids is 1. The molecule has 1 N–H and O–H groups in total. The molecule has 0 unspecified atom stereocenters. The summed E-state index contributed by atoms with van der Waals surface area (Å²) in [4.78, 5) is 18.7. The maximum absolute atomic E-state index is 11.8. The van der Waals surface area contributed by atoms with E-state index >= 15 is 0 Å². The molecule has 1 heterocycles. The van der Waals surface area contributed by atoms with Crippen LogP contribution in [0.15, 0.2) is 36.4 Å². The molecule has 0 spiro atoms. The summed E-state index contributed by atoms with van der Waals surface area (Å²) in [6.07, 6.45) is 0. The molecule has 106 valence electrons. The quantitative estimate of drug-likeness (QED) is 0.928. The molecule has 0 saturated carbocycles. The van der Waals surface area contributed by atoms with Crippen molar-refractivity contribution in [3.05, 3.63) is 53.3 Å². The molecule has 0 bridgehead atoms. The van der Waals surface area contributed by atoms with E-state index in [0.29, 0.717) is 5.69 Å². The Kier molecular flexibility index (Phi) is 4.13. The maximum atomic E-state index is 11.8. The van der Waals surface area contributed by atoms with Gasteiger partial charge in [0.2, 0.25) is 0 Å². The molecule has 1 aromatic carbocycles. The standard InChI is InChI=1S/C16H21N3O/c1-12-6-5-7-14(10-12)19(4)11-13-8-9-15(17-13)16(20)18(2)3/h5-10,17H,11H2,1-4H3. The zero-order chi connectivity index (χ0) is 14.7. The predicted molar refractivity (Wildman–Crippen MR) is 82.1 cm³/mol. The molecule has 0 aliphatic heterocycles. The Balaban J connectivity index is 2.09. The molecule has 4 nitrogen and oxygen atoms in total. The molecule has 0 saturated heterocycles. The zero-order valence-electron chi connectivity index (χ0n) is 12.5. The number of H-pyrrole nitrogens is 1. The number of nitrogens with one attached hydrogen (secondary N) is 1. The number of aryl methyl sites for hydroxylation is 1. The summed E-state index contributed by atoms with van der Waals surface area (Å²) < 4.78 is 0. The Hall–Kier alpha value is -2.23. The Bertz CT molecular complexity index is 601. The molecule has 4 heteroatoms. The van der Waals surface area contributed by atoms with Crippen molar-refractivity contribution in [1.82, 2.24) is 9.88 Å². The second-order valence-corrected chi connectivity index (χ2v) is 5.29. The Morgan fingerprint density at radius 2 is 1.90 bits per heavy atom. The van der Waals surface area contributed by atoms with E-state index in [0.717, 1.165) is 12.2 Å². The molecular weight excluding hydrogens is 250 g/mol. The molecule has 20 heavy (non-hydrogen) atoms. The fraction of sp³-hybridized carbons (Fsp3) is 0.312. The van der Waals surface area contributed by atoms with E-state index in [1.807, 2.05) is 19.2 Å². The highest BCUT2D eigenvalue weighted by atomic mass is 16.2. The number of aromatic amines is 1. The van der Waals surface area contributed by atoms with Gasteiger partial charge >= 0.3 is 0 Å². The third-order valence-electron chi connectivity index (χ3n) is 3.23. The van der Waals surface area contributed by atoms with Crippen LogP contribution in [-0.2, 0) is 6.54 Å². The molecule has 2 rings (SSSR count). The lowest BCUT2D eigenvalue weighted by Gasteiger charge is -2.19. The normalized spacial score (nSPS) is 10.4. The summed E-state index contributed by atoms with van der Waals surface area (Å²) in [7, 11) is 5.55. The van der Waals surface area contributed by atoms with Crippen LogP contribution in [0.2, 0.25) is 0 Å². The van der Waals surface area contributed by atoms with Crippen LogP contribution in [0, 0.1) is 6.92 Å². The van der Waals surface area contributed by atoms with Crippen molar-refractivity contribution in [2.45, 2.75) is 13.5 Å². The summed E-state index contributed by atoms with van der Waals surface area (Å²) in [5.41, 5.74) is 4.06. The van der Waals surface area contributed by atoms with Gasteiger partial charge in [0.1, 0.15) is 5.69 Å². The van der Waals surface area contributed by atoms with Crippen molar-refractivity contribution in [3.63, 3.8) is 0 Å². The highest BCUT2D eigenvalue weighted by Gasteiger charge is 2.11. The van der Waals surface area contributed by atoms with Crippen LogP contribution in [0.4, 0.5) is 5.69 Å². The summed E-state index contributed by atoms with van der Waals surface area (Å²) >= 11 is 0. The number of benzene rings is 1. The van der Waals surface area contributed by atoms with Crippen molar-refractivity contribution >= 4 is 11.6 Å². The first-order valence-electron chi connectivity index (χ1n) is 6.64. The van der Waals surface area contributed by atoms with Gasteiger partial charge in [-0.05, 0) is 36.8 Å². The third-order valence-corrected chi connectivity index (χ3v) is 3.23. The summed E-state index contributed by atoms with van der Waals surface area (Å²) in [6, 6.07) is 12.2. The molecule has 0 fully saturated rings. The number of amides is 1. The van der Waals surface area contributed by atoms with E-state index in [-0.39, 0.29) is 5.91 Å². The number of anilines is 1. The average molecular weight is 271 g/mol. The van der Waals surface area contributed by atoms with Gasteiger partial charge < -0.3 is 14.8 Å². The first-order chi connectivity index (χ1) is 9.47. The Labute approximate surface area is 120 Å². The minimum absolute atomic E-state index is 0.00513. The minimum atomic E-state index is -0.00513. The summed E-state index contributed by atoms with van der Waals surface area (Å²) in [6.45, 7) is 2.82. The lowest BCUT2D eigenvalue weighted by Crippen LogP contribution is -2.22. The number of rotatable bonds is 4. The molecule has 1 aromatic heterocycles. The third kappa shape index (κ3) is 3.20. The van der Waals surface area contributed by atoms with E-state index in [4.69, 9.17) is 0 Å². The molecule has 0 aliphatic rings. The van der Waals surface area contributed by atoms with Crippen LogP contribution in [0.5, 0.6) is 0 Å². The molecule has 0 aliphatic carbocycles. The number of carbonyl (C=O) groups is 1. The van der Waals surface area contributed by atoms with E-state index in [9.17, 15) is 4.79 Å². The molecule has 1 amide bonds. The zero-order valence-corrected chi connectivity index (χ0v) is 12.5. The van der Waals surface area contributed by atoms with E-state index < -0.39 is 0 Å². The summed E-state index contributed by atoms with van der Waals surface area (Å²) in [5.74, 6) is -0.00513. The number of hydrogen-bond acceptors (Lipinski definition) is 2. The van der Waals surface area contributed by atoms with Gasteiger partial charge in [-0.3, -0.25) is 4.79 Å². The molecule has 0 radical (unpaired) electrons. The Morgan fingerprint density at radius 1 is 1.15 bits per heavy atom. The highest BCUT2D eigenvalue weighted by molar-refractivity contribution is 5.92. The number of hydrogen-bond donors (Lipinski definition) is 1. The number of nitrogens with zero attached hydrogens (tertiary/aromatic N) is 2. The van der Waals surface area contributed by atoms with Gasteiger partial charge in [0.25, 0.3) is 5.91 Å². The van der Waals surface area contributed by atoms with Gasteiger partial charge in [0, 0.05) is 32.5 Å². The predicted octanol–water partition coefficient (Wildman–Crippen LogP) is 2.66. The highest BCUT2D eigenvalue weighted by Crippen LogP contribution is 2.17. The van der Waals surface area contributed by atoms with Crippen molar-refractivity contribution in [3.8, 4) is 0 Å². The topological polar surface area (TPSA) is 39.3 Å². The second-order valence-electron chi connectivity index (χ2n) is 5.29. The van der Waals surface area contributed by atoms with Crippen LogP contribution in [0.1, 0.15) is 21.7 Å². The minimum Gasteiger partial charge on any atom is -0.369 e. The van der Waals surface area contributed by atoms with Crippen molar-refractivity contribution in [2.75, 3.05) is 26.0 Å². The largest absolute Gasteiger partial charge is 0.369 e. The first-order valence-corrected chi connectivity index (χ1v) is 6.64. The fourth-order valence-corrected chi connectivity index (χ4v) is 2.11. The molecule has 2 aromatic rings. The first kappa shape index (κ1) is 14.2. The van der Waals surface area contributed by atoms with Crippen molar-refractivity contribution in [1.29, 1.82) is 0 Å². The van der Waals surface area contributed by atoms with E-state index in [2.05, 4.69) is 41.1 Å². The average Bonchev–Trinajstić information content (AvgIpc) is 2.86. The van der Waals surface area contributed by atoms with Gasteiger partial charge in [0.05, 0.1) is 6.54 Å². The van der Waals surface area contributed by atoms with Gasteiger partial charge in [-0.1, -0.05) is 12.1 Å². The lowest BCUT2D eigenvalue weighted by atomic mass is 10.2. The maximum Gasteiger partial charge on any atom is 0.269 e. The van der Waals surface area contributed by atoms with Gasteiger partial charge in [0.15, 0.2) is 0 Å². The fourth-order valence-electron chi connectivity index (χ4n) is 2.11. The van der Waals surface area contributed by atoms with Gasteiger partial charge in [-0.15, -0.1) is 0 Å². The smallest absolute Gasteiger partial charge is 0.269 e. The van der Waals surface area contributed by atoms with Crippen LogP contribution in [0.25, 0.3) is 0 Å². The van der Waals surface area contributed by atoms with Crippen molar-refractivity contribution in [2.24, 2.45) is 0 Å². The van der Waals surface area contributed by atoms with Gasteiger partial charge in [-0.2, -0.15) is 0 Å². The van der Waals surface area contributed by atoms with Crippen LogP contribution >= 0.6 is 0 Å². The SMILES string of the molecule is Cc1cccc(N(C)Cc2ccc(C(=O)N(C)C)[nH]2)c1. The number of aromatic nitrogens is 1. The second kappa shape index (κ2) is 5.82. The Morgan fingerprint density at radius 3 is 2.55 bits per heavy atom. The molecule has 0 atom stereocenters. The van der Waals surface area contributed by atoms with Crippen molar-refractivity contribution < 1.29 is 4.79 Å². The van der Waals surface area contributed by atoms with Gasteiger partial charge in [-0.25, -0.2) is 0 Å². The van der Waals surface area contributed by atoms with E-state index in [1.54, 1.807) is 19.0 Å². The summed E-state index contributed by atoms with van der Waals surface area (Å²) in [5, 5.41) is 0. The van der Waals surface area contributed by atoms with E-state index in [1.165, 1.54) is 11.3 Å². The van der Waals surface area contributed by atoms with Crippen LogP contribution in [0.3, 0.4) is 0 Å². The monoisotopic (exact) mass is 271 g/mol. The van der Waals surface area contributed by atoms with Crippen LogP contribution < -0.4 is 4.90 Å². The molecular formula is C16H21N3O. The lowest BCUT2D eigenvalue weighted by molar-refractivity contribution is 0.0822. The van der Waals surface area contributed by atoms with Crippen LogP contribution in [-0.4, -0.2) is 36.9 Å².